The Morgan fingerprint density at radius 2 is 1.71 bits per heavy atom. The van der Waals surface area contributed by atoms with Crippen LogP contribution >= 0.6 is 15.9 Å². The second-order valence-electron chi connectivity index (χ2n) is 5.96. The number of rotatable bonds is 5. The third-order valence-electron chi connectivity index (χ3n) is 3.26. The lowest BCUT2D eigenvalue weighted by Crippen LogP contribution is -2.11. The Morgan fingerprint density at radius 3 is 2.12 bits per heavy atom. The highest BCUT2D eigenvalue weighted by molar-refractivity contribution is 9.09. The van der Waals surface area contributed by atoms with Crippen LogP contribution in [0.2, 0.25) is 0 Å². The van der Waals surface area contributed by atoms with Gasteiger partial charge in [0.15, 0.2) is 0 Å². The average Bonchev–Trinajstić information content (AvgIpc) is 2.28. The number of hydrogen-bond acceptors (Lipinski definition) is 0. The lowest BCUT2D eigenvalue weighted by Gasteiger charge is -2.20. The average molecular weight is 297 g/mol. The second-order valence-corrected chi connectivity index (χ2v) is 6.61. The molecule has 0 bridgehead atoms. The summed E-state index contributed by atoms with van der Waals surface area (Å²) in [6.07, 6.45) is 3.78. The van der Waals surface area contributed by atoms with E-state index in [1.807, 2.05) is 0 Å². The summed E-state index contributed by atoms with van der Waals surface area (Å²) in [6, 6.07) is 9.16. The highest BCUT2D eigenvalue weighted by atomic mass is 79.9. The third kappa shape index (κ3) is 4.83. The van der Waals surface area contributed by atoms with Gasteiger partial charge in [-0.1, -0.05) is 74.3 Å². The molecule has 1 rings (SSSR count). The Bertz CT molecular complexity index is 318. The number of halogens is 1. The summed E-state index contributed by atoms with van der Waals surface area (Å²) in [5.74, 6) is 0.778. The van der Waals surface area contributed by atoms with Crippen LogP contribution in [0.15, 0.2) is 24.3 Å². The van der Waals surface area contributed by atoms with Gasteiger partial charge < -0.3 is 0 Å². The maximum atomic E-state index is 3.62. The Kier molecular flexibility index (Phi) is 5.72. The highest BCUT2D eigenvalue weighted by Crippen LogP contribution is 2.23. The van der Waals surface area contributed by atoms with E-state index in [0.29, 0.717) is 0 Å². The second kappa shape index (κ2) is 6.58. The molecule has 0 aromatic heterocycles. The van der Waals surface area contributed by atoms with Gasteiger partial charge in [0.25, 0.3) is 0 Å². The molecule has 0 nitrogen and oxygen atoms in total. The van der Waals surface area contributed by atoms with Crippen molar-refractivity contribution in [3.05, 3.63) is 35.4 Å². The van der Waals surface area contributed by atoms with Gasteiger partial charge in [0.2, 0.25) is 0 Å². The van der Waals surface area contributed by atoms with Crippen LogP contribution in [-0.4, -0.2) is 5.33 Å². The SMILES string of the molecule is CCCC(CBr)Cc1ccc(C(C)(C)C)cc1. The molecule has 0 radical (unpaired) electrons. The summed E-state index contributed by atoms with van der Waals surface area (Å²) in [5.41, 5.74) is 3.15. The van der Waals surface area contributed by atoms with E-state index in [4.69, 9.17) is 0 Å². The molecule has 96 valence electrons. The van der Waals surface area contributed by atoms with Crippen LogP contribution in [0.3, 0.4) is 0 Å². The summed E-state index contributed by atoms with van der Waals surface area (Å²) >= 11 is 3.62. The van der Waals surface area contributed by atoms with Crippen LogP contribution < -0.4 is 0 Å². The largest absolute Gasteiger partial charge is 0.0925 e. The van der Waals surface area contributed by atoms with E-state index in [0.717, 1.165) is 11.2 Å². The lowest BCUT2D eigenvalue weighted by molar-refractivity contribution is 0.533. The maximum Gasteiger partial charge on any atom is 0.00628 e. The summed E-state index contributed by atoms with van der Waals surface area (Å²) in [4.78, 5) is 0. The molecule has 17 heavy (non-hydrogen) atoms. The highest BCUT2D eigenvalue weighted by Gasteiger charge is 2.13. The van der Waals surface area contributed by atoms with Crippen molar-refractivity contribution in [1.82, 2.24) is 0 Å². The molecule has 1 aromatic rings. The molecule has 0 aliphatic carbocycles. The first kappa shape index (κ1) is 14.8. The third-order valence-corrected chi connectivity index (χ3v) is 4.18. The fourth-order valence-electron chi connectivity index (χ4n) is 2.12. The normalized spacial score (nSPS) is 13.7. The van der Waals surface area contributed by atoms with E-state index in [1.54, 1.807) is 0 Å². The zero-order valence-electron chi connectivity index (χ0n) is 11.6. The molecule has 0 heterocycles. The molecule has 0 saturated heterocycles. The molecule has 1 atom stereocenters. The van der Waals surface area contributed by atoms with Crippen LogP contribution in [0.25, 0.3) is 0 Å². The summed E-state index contributed by atoms with van der Waals surface area (Å²) < 4.78 is 0. The van der Waals surface area contributed by atoms with Crippen molar-refractivity contribution < 1.29 is 0 Å². The standard InChI is InChI=1S/C16H25Br/c1-5-6-14(12-17)11-13-7-9-15(10-8-13)16(2,3)4/h7-10,14H,5-6,11-12H2,1-4H3. The molecule has 0 spiro atoms. The summed E-state index contributed by atoms with van der Waals surface area (Å²) in [6.45, 7) is 9.06. The van der Waals surface area contributed by atoms with Crippen molar-refractivity contribution in [1.29, 1.82) is 0 Å². The molecule has 0 saturated carbocycles. The van der Waals surface area contributed by atoms with Crippen LogP contribution in [0.5, 0.6) is 0 Å². The molecule has 0 N–H and O–H groups in total. The Labute approximate surface area is 115 Å². The molecule has 0 aliphatic rings. The van der Waals surface area contributed by atoms with Crippen molar-refractivity contribution in [2.45, 2.75) is 52.4 Å². The van der Waals surface area contributed by atoms with Gasteiger partial charge in [0.1, 0.15) is 0 Å². The van der Waals surface area contributed by atoms with Crippen molar-refractivity contribution in [3.8, 4) is 0 Å². The summed E-state index contributed by atoms with van der Waals surface area (Å²) in [5, 5.41) is 1.11. The van der Waals surface area contributed by atoms with Gasteiger partial charge in [-0.05, 0) is 35.3 Å². The monoisotopic (exact) mass is 296 g/mol. The predicted octanol–water partition coefficient (Wildman–Crippen LogP) is 5.34. The molecular formula is C16H25Br. The van der Waals surface area contributed by atoms with Crippen molar-refractivity contribution >= 4 is 15.9 Å². The molecule has 0 amide bonds. The van der Waals surface area contributed by atoms with E-state index in [2.05, 4.69) is 67.9 Å². The van der Waals surface area contributed by atoms with Crippen LogP contribution in [0.1, 0.15) is 51.7 Å². The fourth-order valence-corrected chi connectivity index (χ4v) is 2.67. The van der Waals surface area contributed by atoms with E-state index >= 15 is 0 Å². The van der Waals surface area contributed by atoms with Crippen LogP contribution in [-0.2, 0) is 11.8 Å². The van der Waals surface area contributed by atoms with Gasteiger partial charge in [-0.3, -0.25) is 0 Å². The molecule has 1 aromatic carbocycles. The van der Waals surface area contributed by atoms with E-state index in [1.165, 1.54) is 30.4 Å². The van der Waals surface area contributed by atoms with Crippen molar-refractivity contribution in [2.75, 3.05) is 5.33 Å². The number of benzene rings is 1. The fraction of sp³-hybridized carbons (Fsp3) is 0.625. The summed E-state index contributed by atoms with van der Waals surface area (Å²) in [7, 11) is 0. The minimum atomic E-state index is 0.261. The first-order valence-electron chi connectivity index (χ1n) is 6.62. The Hall–Kier alpha value is -0.300. The molecule has 0 aliphatic heterocycles. The smallest absolute Gasteiger partial charge is 0.00628 e. The lowest BCUT2D eigenvalue weighted by atomic mass is 9.86. The van der Waals surface area contributed by atoms with Gasteiger partial charge in [0, 0.05) is 5.33 Å². The van der Waals surface area contributed by atoms with Crippen LogP contribution in [0.4, 0.5) is 0 Å². The molecular weight excluding hydrogens is 272 g/mol. The first-order valence-corrected chi connectivity index (χ1v) is 7.75. The first-order chi connectivity index (χ1) is 7.97. The zero-order chi connectivity index (χ0) is 12.9. The van der Waals surface area contributed by atoms with Gasteiger partial charge in [0.05, 0.1) is 0 Å². The van der Waals surface area contributed by atoms with Crippen molar-refractivity contribution in [2.24, 2.45) is 5.92 Å². The van der Waals surface area contributed by atoms with Gasteiger partial charge in [-0.2, -0.15) is 0 Å². The molecule has 1 heteroatoms. The van der Waals surface area contributed by atoms with Crippen molar-refractivity contribution in [3.63, 3.8) is 0 Å². The van der Waals surface area contributed by atoms with E-state index < -0.39 is 0 Å². The quantitative estimate of drug-likeness (QED) is 0.644. The zero-order valence-corrected chi connectivity index (χ0v) is 13.2. The Morgan fingerprint density at radius 1 is 1.12 bits per heavy atom. The van der Waals surface area contributed by atoms with Gasteiger partial charge >= 0.3 is 0 Å². The number of alkyl halides is 1. The van der Waals surface area contributed by atoms with E-state index in [-0.39, 0.29) is 5.41 Å². The Balaban J connectivity index is 2.68. The minimum Gasteiger partial charge on any atom is -0.0925 e. The predicted molar refractivity (Wildman–Crippen MR) is 81.0 cm³/mol. The molecule has 1 unspecified atom stereocenters. The van der Waals surface area contributed by atoms with Gasteiger partial charge in [-0.25, -0.2) is 0 Å². The van der Waals surface area contributed by atoms with Crippen LogP contribution in [0, 0.1) is 5.92 Å². The minimum absolute atomic E-state index is 0.261. The van der Waals surface area contributed by atoms with Gasteiger partial charge in [-0.15, -0.1) is 0 Å². The van der Waals surface area contributed by atoms with E-state index in [9.17, 15) is 0 Å². The number of hydrogen-bond donors (Lipinski definition) is 0. The maximum absolute atomic E-state index is 3.62. The topological polar surface area (TPSA) is 0 Å². The molecule has 0 fully saturated rings.